The molecule has 0 aliphatic carbocycles. The van der Waals surface area contributed by atoms with Gasteiger partial charge in [-0.3, -0.25) is 0 Å². The van der Waals surface area contributed by atoms with Gasteiger partial charge in [-0.1, -0.05) is 12.1 Å². The number of rotatable bonds is 4. The number of benzene rings is 2. The van der Waals surface area contributed by atoms with Crippen molar-refractivity contribution in [2.45, 2.75) is 6.61 Å². The van der Waals surface area contributed by atoms with E-state index in [0.717, 1.165) is 22.6 Å². The molecule has 0 atom stereocenters. The van der Waals surface area contributed by atoms with E-state index in [-0.39, 0.29) is 22.8 Å². The lowest BCUT2D eigenvalue weighted by molar-refractivity contribution is 0.306. The molecule has 0 aliphatic heterocycles. The van der Waals surface area contributed by atoms with Gasteiger partial charge in [-0.2, -0.15) is 0 Å². The van der Waals surface area contributed by atoms with Crippen molar-refractivity contribution in [2.75, 3.05) is 5.73 Å². The molecule has 3 rings (SSSR count). The third-order valence-corrected chi connectivity index (χ3v) is 3.66. The van der Waals surface area contributed by atoms with Crippen molar-refractivity contribution < 1.29 is 9.13 Å². The molecule has 2 aromatic carbocycles. The molecule has 0 bridgehead atoms. The minimum Gasteiger partial charge on any atom is -0.489 e. The monoisotopic (exact) mass is 380 g/mol. The predicted molar refractivity (Wildman–Crippen MR) is 93.0 cm³/mol. The number of nitrogen functional groups attached to an aromatic ring is 1. The van der Waals surface area contributed by atoms with Gasteiger partial charge in [0.1, 0.15) is 18.2 Å². The first-order valence-electron chi connectivity index (χ1n) is 6.39. The van der Waals surface area contributed by atoms with Crippen LogP contribution in [0.5, 0.6) is 5.75 Å². The highest BCUT2D eigenvalue weighted by atomic mass is 79.9. The smallest absolute Gasteiger partial charge is 0.180 e. The zero-order valence-electron chi connectivity index (χ0n) is 11.5. The van der Waals surface area contributed by atoms with Crippen LogP contribution in [0, 0.1) is 5.82 Å². The zero-order chi connectivity index (χ0) is 14.7. The van der Waals surface area contributed by atoms with Crippen molar-refractivity contribution in [1.29, 1.82) is 0 Å². The summed E-state index contributed by atoms with van der Waals surface area (Å²) in [6, 6.07) is 13.9. The summed E-state index contributed by atoms with van der Waals surface area (Å²) in [5.41, 5.74) is 8.41. The number of aromatic nitrogens is 1. The van der Waals surface area contributed by atoms with E-state index in [2.05, 4.69) is 4.98 Å². The van der Waals surface area contributed by atoms with Crippen LogP contribution in [0.15, 0.2) is 53.9 Å². The molecule has 1 aromatic heterocycles. The standard InChI is InChI=1S/C16H13FN2OS.BrH/c17-13-5-1-11(2-6-13)9-20-14-7-3-12(4-8-14)15-10-21-16(18)19-15;/h1-8,10H,9H2,(H2,18,19);1H. The van der Waals surface area contributed by atoms with Gasteiger partial charge in [0, 0.05) is 10.9 Å². The Labute approximate surface area is 142 Å². The van der Waals surface area contributed by atoms with Gasteiger partial charge in [0.15, 0.2) is 5.13 Å². The molecule has 22 heavy (non-hydrogen) atoms. The molecule has 0 unspecified atom stereocenters. The van der Waals surface area contributed by atoms with E-state index in [1.54, 1.807) is 12.1 Å². The molecule has 1 heterocycles. The minimum absolute atomic E-state index is 0. The minimum atomic E-state index is -0.245. The Kier molecular flexibility index (Phi) is 5.51. The molecule has 0 saturated carbocycles. The number of hydrogen-bond acceptors (Lipinski definition) is 4. The Hall–Kier alpha value is -1.92. The molecule has 0 fully saturated rings. The Morgan fingerprint density at radius 1 is 1.05 bits per heavy atom. The molecular weight excluding hydrogens is 367 g/mol. The van der Waals surface area contributed by atoms with Crippen molar-refractivity contribution in [3.8, 4) is 17.0 Å². The predicted octanol–water partition coefficient (Wildman–Crippen LogP) is 4.69. The Bertz CT molecular complexity index is 729. The van der Waals surface area contributed by atoms with E-state index in [4.69, 9.17) is 10.5 Å². The summed E-state index contributed by atoms with van der Waals surface area (Å²) in [5.74, 6) is 0.511. The van der Waals surface area contributed by atoms with Crippen molar-refractivity contribution in [1.82, 2.24) is 4.98 Å². The van der Waals surface area contributed by atoms with Crippen molar-refractivity contribution in [2.24, 2.45) is 0 Å². The van der Waals surface area contributed by atoms with Crippen LogP contribution in [0.2, 0.25) is 0 Å². The quantitative estimate of drug-likeness (QED) is 0.714. The lowest BCUT2D eigenvalue weighted by atomic mass is 10.2. The number of anilines is 1. The second-order valence-electron chi connectivity index (χ2n) is 4.51. The van der Waals surface area contributed by atoms with Crippen LogP contribution in [0.4, 0.5) is 9.52 Å². The molecular formula is C16H14BrFN2OS. The van der Waals surface area contributed by atoms with E-state index in [0.29, 0.717) is 11.7 Å². The largest absolute Gasteiger partial charge is 0.489 e. The number of ether oxygens (including phenoxy) is 1. The number of nitrogens with zero attached hydrogens (tertiary/aromatic N) is 1. The molecule has 2 N–H and O–H groups in total. The van der Waals surface area contributed by atoms with Crippen molar-refractivity contribution in [3.05, 3.63) is 65.3 Å². The molecule has 0 amide bonds. The second kappa shape index (κ2) is 7.38. The van der Waals surface area contributed by atoms with Gasteiger partial charge < -0.3 is 10.5 Å². The summed E-state index contributed by atoms with van der Waals surface area (Å²) in [7, 11) is 0. The second-order valence-corrected chi connectivity index (χ2v) is 5.40. The van der Waals surface area contributed by atoms with E-state index in [9.17, 15) is 4.39 Å². The SMILES string of the molecule is Br.Nc1nc(-c2ccc(OCc3ccc(F)cc3)cc2)cs1. The van der Waals surface area contributed by atoms with E-state index < -0.39 is 0 Å². The van der Waals surface area contributed by atoms with Gasteiger partial charge in [-0.15, -0.1) is 28.3 Å². The lowest BCUT2D eigenvalue weighted by Gasteiger charge is -2.07. The third-order valence-electron chi connectivity index (χ3n) is 2.99. The summed E-state index contributed by atoms with van der Waals surface area (Å²) < 4.78 is 18.5. The maximum Gasteiger partial charge on any atom is 0.180 e. The molecule has 0 spiro atoms. The lowest BCUT2D eigenvalue weighted by Crippen LogP contribution is -1.95. The maximum absolute atomic E-state index is 12.8. The Morgan fingerprint density at radius 3 is 2.32 bits per heavy atom. The average molecular weight is 381 g/mol. The first-order valence-corrected chi connectivity index (χ1v) is 7.27. The molecule has 3 nitrogen and oxygen atoms in total. The number of halogens is 2. The Morgan fingerprint density at radius 2 is 1.73 bits per heavy atom. The normalized spacial score (nSPS) is 10.0. The first kappa shape index (κ1) is 16.5. The average Bonchev–Trinajstić information content (AvgIpc) is 2.94. The van der Waals surface area contributed by atoms with E-state index in [1.807, 2.05) is 29.6 Å². The highest BCUT2D eigenvalue weighted by Gasteiger charge is 2.03. The molecule has 0 aliphatic rings. The van der Waals surface area contributed by atoms with Crippen molar-refractivity contribution >= 4 is 33.4 Å². The zero-order valence-corrected chi connectivity index (χ0v) is 14.1. The van der Waals surface area contributed by atoms with Gasteiger partial charge in [0.25, 0.3) is 0 Å². The summed E-state index contributed by atoms with van der Waals surface area (Å²) >= 11 is 1.42. The molecule has 114 valence electrons. The Balaban J connectivity index is 0.00000176. The van der Waals surface area contributed by atoms with Crippen LogP contribution >= 0.6 is 28.3 Å². The van der Waals surface area contributed by atoms with Crippen LogP contribution < -0.4 is 10.5 Å². The van der Waals surface area contributed by atoms with Crippen LogP contribution in [0.1, 0.15) is 5.56 Å². The highest BCUT2D eigenvalue weighted by Crippen LogP contribution is 2.25. The van der Waals surface area contributed by atoms with Gasteiger partial charge in [-0.25, -0.2) is 9.37 Å². The summed E-state index contributed by atoms with van der Waals surface area (Å²) in [4.78, 5) is 4.23. The molecule has 6 heteroatoms. The first-order chi connectivity index (χ1) is 10.2. The topological polar surface area (TPSA) is 48.1 Å². The van der Waals surface area contributed by atoms with Crippen LogP contribution in [-0.4, -0.2) is 4.98 Å². The number of hydrogen-bond donors (Lipinski definition) is 1. The number of nitrogens with two attached hydrogens (primary N) is 1. The number of thiazole rings is 1. The van der Waals surface area contributed by atoms with Gasteiger partial charge >= 0.3 is 0 Å². The van der Waals surface area contributed by atoms with E-state index in [1.165, 1.54) is 23.5 Å². The highest BCUT2D eigenvalue weighted by molar-refractivity contribution is 8.93. The van der Waals surface area contributed by atoms with Gasteiger partial charge in [0.2, 0.25) is 0 Å². The summed E-state index contributed by atoms with van der Waals surface area (Å²) in [6.45, 7) is 0.406. The van der Waals surface area contributed by atoms with Crippen LogP contribution in [0.25, 0.3) is 11.3 Å². The summed E-state index contributed by atoms with van der Waals surface area (Å²) in [5, 5.41) is 2.48. The third kappa shape index (κ3) is 4.05. The maximum atomic E-state index is 12.8. The van der Waals surface area contributed by atoms with Gasteiger partial charge in [-0.05, 0) is 42.0 Å². The van der Waals surface area contributed by atoms with E-state index >= 15 is 0 Å². The van der Waals surface area contributed by atoms with Gasteiger partial charge in [0.05, 0.1) is 5.69 Å². The fraction of sp³-hybridized carbons (Fsp3) is 0.0625. The molecule has 0 saturated heterocycles. The van der Waals surface area contributed by atoms with Crippen LogP contribution in [0.3, 0.4) is 0 Å². The fourth-order valence-electron chi connectivity index (χ4n) is 1.89. The molecule has 3 aromatic rings. The molecule has 0 radical (unpaired) electrons. The summed E-state index contributed by atoms with van der Waals surface area (Å²) in [6.07, 6.45) is 0. The fourth-order valence-corrected chi connectivity index (χ4v) is 2.46. The van der Waals surface area contributed by atoms with Crippen LogP contribution in [-0.2, 0) is 6.61 Å². The van der Waals surface area contributed by atoms with Crippen molar-refractivity contribution in [3.63, 3.8) is 0 Å².